The second-order valence-corrected chi connectivity index (χ2v) is 5.24. The highest BCUT2D eigenvalue weighted by molar-refractivity contribution is 9.10. The second-order valence-electron chi connectivity index (χ2n) is 4.32. The van der Waals surface area contributed by atoms with E-state index in [-0.39, 0.29) is 12.1 Å². The van der Waals surface area contributed by atoms with E-state index >= 15 is 0 Å². The molecule has 4 heteroatoms. The van der Waals surface area contributed by atoms with Gasteiger partial charge in [-0.2, -0.15) is 0 Å². The molecule has 18 heavy (non-hydrogen) atoms. The van der Waals surface area contributed by atoms with Crippen molar-refractivity contribution in [1.29, 1.82) is 0 Å². The number of furan rings is 1. The molecule has 0 saturated heterocycles. The molecular formula is C14H16BrNO2. The van der Waals surface area contributed by atoms with E-state index < -0.39 is 0 Å². The molecule has 0 radical (unpaired) electrons. The summed E-state index contributed by atoms with van der Waals surface area (Å²) in [6, 6.07) is 9.47. The minimum atomic E-state index is -0.284. The number of halogens is 1. The molecule has 0 bridgehead atoms. The summed E-state index contributed by atoms with van der Waals surface area (Å²) in [5, 5.41) is 0. The molecule has 1 aromatic carbocycles. The maximum atomic E-state index is 5.98. The molecule has 1 aromatic heterocycles. The molecule has 2 unspecified atom stereocenters. The fourth-order valence-electron chi connectivity index (χ4n) is 1.72. The molecule has 0 amide bonds. The highest BCUT2D eigenvalue weighted by Crippen LogP contribution is 2.29. The second kappa shape index (κ2) is 5.59. The van der Waals surface area contributed by atoms with Gasteiger partial charge in [0.05, 0.1) is 6.26 Å². The maximum absolute atomic E-state index is 5.98. The molecule has 96 valence electrons. The highest BCUT2D eigenvalue weighted by atomic mass is 79.9. The minimum Gasteiger partial charge on any atom is -0.481 e. The van der Waals surface area contributed by atoms with Gasteiger partial charge in [0.2, 0.25) is 0 Å². The molecule has 0 aliphatic rings. The number of nitrogens with two attached hydrogens (primary N) is 1. The third-order valence-electron chi connectivity index (χ3n) is 2.71. The van der Waals surface area contributed by atoms with Gasteiger partial charge in [0.1, 0.15) is 11.5 Å². The summed E-state index contributed by atoms with van der Waals surface area (Å²) in [5.74, 6) is 1.55. The zero-order valence-corrected chi connectivity index (χ0v) is 12.0. The van der Waals surface area contributed by atoms with Gasteiger partial charge >= 0.3 is 0 Å². The van der Waals surface area contributed by atoms with Crippen molar-refractivity contribution in [2.24, 2.45) is 5.73 Å². The van der Waals surface area contributed by atoms with Gasteiger partial charge in [-0.15, -0.1) is 0 Å². The third-order valence-corrected chi connectivity index (χ3v) is 3.20. The van der Waals surface area contributed by atoms with Crippen molar-refractivity contribution in [3.05, 3.63) is 52.4 Å². The molecule has 0 aliphatic heterocycles. The lowest BCUT2D eigenvalue weighted by Gasteiger charge is -2.21. The first-order valence-electron chi connectivity index (χ1n) is 5.79. The summed E-state index contributed by atoms with van der Waals surface area (Å²) in [6.45, 7) is 3.91. The first-order valence-corrected chi connectivity index (χ1v) is 6.59. The van der Waals surface area contributed by atoms with E-state index in [2.05, 4.69) is 15.9 Å². The van der Waals surface area contributed by atoms with Crippen LogP contribution >= 0.6 is 15.9 Å². The van der Waals surface area contributed by atoms with E-state index in [1.807, 2.05) is 44.2 Å². The van der Waals surface area contributed by atoms with Gasteiger partial charge < -0.3 is 14.9 Å². The summed E-state index contributed by atoms with van der Waals surface area (Å²) >= 11 is 3.44. The van der Waals surface area contributed by atoms with Crippen LogP contribution in [-0.4, -0.2) is 6.04 Å². The van der Waals surface area contributed by atoms with Crippen LogP contribution in [0.5, 0.6) is 5.75 Å². The molecule has 0 spiro atoms. The SMILES string of the molecule is Cc1ccc(Br)cc1OC(c1ccco1)C(C)N. The molecule has 0 aliphatic carbocycles. The summed E-state index contributed by atoms with van der Waals surface area (Å²) in [6.07, 6.45) is 1.34. The molecule has 3 nitrogen and oxygen atoms in total. The van der Waals surface area contributed by atoms with Gasteiger partial charge in [-0.25, -0.2) is 0 Å². The number of ether oxygens (including phenoxy) is 1. The van der Waals surface area contributed by atoms with Gasteiger partial charge in [-0.05, 0) is 43.7 Å². The van der Waals surface area contributed by atoms with Crippen molar-refractivity contribution in [1.82, 2.24) is 0 Å². The zero-order chi connectivity index (χ0) is 13.1. The molecule has 1 heterocycles. The Balaban J connectivity index is 2.27. The Bertz CT molecular complexity index is 509. The van der Waals surface area contributed by atoms with E-state index in [4.69, 9.17) is 14.9 Å². The largest absolute Gasteiger partial charge is 0.481 e. The summed E-state index contributed by atoms with van der Waals surface area (Å²) in [5.41, 5.74) is 7.03. The number of rotatable bonds is 4. The van der Waals surface area contributed by atoms with E-state index in [9.17, 15) is 0 Å². The van der Waals surface area contributed by atoms with Crippen molar-refractivity contribution in [3.8, 4) is 5.75 Å². The standard InChI is InChI=1S/C14H16BrNO2/c1-9-5-6-11(15)8-13(9)18-14(10(2)16)12-4-3-7-17-12/h3-8,10,14H,16H2,1-2H3. The van der Waals surface area contributed by atoms with Crippen molar-refractivity contribution < 1.29 is 9.15 Å². The molecule has 2 N–H and O–H groups in total. The Hall–Kier alpha value is -1.26. The Morgan fingerprint density at radius 3 is 2.72 bits per heavy atom. The van der Waals surface area contributed by atoms with Gasteiger partial charge in [0.25, 0.3) is 0 Å². The molecule has 2 aromatic rings. The van der Waals surface area contributed by atoms with E-state index in [1.165, 1.54) is 0 Å². The van der Waals surface area contributed by atoms with Crippen LogP contribution in [0.15, 0.2) is 45.5 Å². The maximum Gasteiger partial charge on any atom is 0.171 e. The van der Waals surface area contributed by atoms with E-state index in [1.54, 1.807) is 6.26 Å². The van der Waals surface area contributed by atoms with E-state index in [0.29, 0.717) is 0 Å². The van der Waals surface area contributed by atoms with Gasteiger partial charge in [-0.3, -0.25) is 0 Å². The third kappa shape index (κ3) is 2.94. The van der Waals surface area contributed by atoms with Crippen LogP contribution in [0.3, 0.4) is 0 Å². The molecule has 2 atom stereocenters. The van der Waals surface area contributed by atoms with Crippen molar-refractivity contribution >= 4 is 15.9 Å². The molecule has 2 rings (SSSR count). The normalized spacial score (nSPS) is 14.2. The van der Waals surface area contributed by atoms with Crippen LogP contribution in [0.25, 0.3) is 0 Å². The average molecular weight is 310 g/mol. The number of hydrogen-bond donors (Lipinski definition) is 1. The van der Waals surface area contributed by atoms with Crippen molar-refractivity contribution in [2.45, 2.75) is 26.0 Å². The first-order chi connectivity index (χ1) is 8.58. The van der Waals surface area contributed by atoms with Crippen LogP contribution in [0.4, 0.5) is 0 Å². The molecule has 0 saturated carbocycles. The predicted octanol–water partition coefficient (Wildman–Crippen LogP) is 3.82. The molecular weight excluding hydrogens is 294 g/mol. The van der Waals surface area contributed by atoms with Gasteiger partial charge in [0, 0.05) is 10.5 Å². The topological polar surface area (TPSA) is 48.4 Å². The Morgan fingerprint density at radius 2 is 2.11 bits per heavy atom. The minimum absolute atomic E-state index is 0.158. The quantitative estimate of drug-likeness (QED) is 0.934. The lowest BCUT2D eigenvalue weighted by molar-refractivity contribution is 0.152. The fraction of sp³-hybridized carbons (Fsp3) is 0.286. The monoisotopic (exact) mass is 309 g/mol. The van der Waals surface area contributed by atoms with Crippen LogP contribution in [0, 0.1) is 6.92 Å². The summed E-state index contributed by atoms with van der Waals surface area (Å²) in [4.78, 5) is 0. The Kier molecular flexibility index (Phi) is 4.09. The Labute approximate surface area is 115 Å². The summed E-state index contributed by atoms with van der Waals surface area (Å²) in [7, 11) is 0. The number of hydrogen-bond acceptors (Lipinski definition) is 3. The highest BCUT2D eigenvalue weighted by Gasteiger charge is 2.21. The lowest BCUT2D eigenvalue weighted by Crippen LogP contribution is -2.28. The Morgan fingerprint density at radius 1 is 1.33 bits per heavy atom. The van der Waals surface area contributed by atoms with Crippen molar-refractivity contribution in [2.75, 3.05) is 0 Å². The van der Waals surface area contributed by atoms with Crippen LogP contribution in [0.2, 0.25) is 0 Å². The predicted molar refractivity (Wildman–Crippen MR) is 74.6 cm³/mol. The van der Waals surface area contributed by atoms with Gasteiger partial charge in [0.15, 0.2) is 6.10 Å². The smallest absolute Gasteiger partial charge is 0.171 e. The number of aryl methyl sites for hydroxylation is 1. The fourth-order valence-corrected chi connectivity index (χ4v) is 2.06. The van der Waals surface area contributed by atoms with Crippen LogP contribution in [0.1, 0.15) is 24.4 Å². The van der Waals surface area contributed by atoms with Crippen LogP contribution in [-0.2, 0) is 0 Å². The lowest BCUT2D eigenvalue weighted by atomic mass is 10.1. The summed E-state index contributed by atoms with van der Waals surface area (Å²) < 4.78 is 12.3. The van der Waals surface area contributed by atoms with Gasteiger partial charge in [-0.1, -0.05) is 22.0 Å². The average Bonchev–Trinajstić information content (AvgIpc) is 2.83. The van der Waals surface area contributed by atoms with E-state index in [0.717, 1.165) is 21.5 Å². The first kappa shape index (κ1) is 13.2. The number of benzene rings is 1. The van der Waals surface area contributed by atoms with Crippen LogP contribution < -0.4 is 10.5 Å². The zero-order valence-electron chi connectivity index (χ0n) is 10.4. The molecule has 0 fully saturated rings. The van der Waals surface area contributed by atoms with Crippen molar-refractivity contribution in [3.63, 3.8) is 0 Å².